The van der Waals surface area contributed by atoms with E-state index in [1.54, 1.807) is 0 Å². The van der Waals surface area contributed by atoms with Crippen molar-refractivity contribution in [1.29, 1.82) is 0 Å². The van der Waals surface area contributed by atoms with Crippen LogP contribution in [-0.2, 0) is 10.8 Å². The molecule has 1 aromatic rings. The first-order chi connectivity index (χ1) is 12.0. The van der Waals surface area contributed by atoms with Gasteiger partial charge in [-0.2, -0.15) is 0 Å². The second-order valence-electron chi connectivity index (χ2n) is 7.07. The number of aliphatic imine (C=N–C) groups is 1. The Kier molecular flexibility index (Phi) is 7.94. The summed E-state index contributed by atoms with van der Waals surface area (Å²) in [6.45, 7) is 7.22. The summed E-state index contributed by atoms with van der Waals surface area (Å²) in [5.74, 6) is 2.04. The highest BCUT2D eigenvalue weighted by Crippen LogP contribution is 2.23. The molecular weight excluding hydrogens is 330 g/mol. The zero-order chi connectivity index (χ0) is 18.2. The summed E-state index contributed by atoms with van der Waals surface area (Å²) < 4.78 is 12.1. The fourth-order valence-corrected chi connectivity index (χ4v) is 4.83. The van der Waals surface area contributed by atoms with E-state index in [0.29, 0.717) is 17.2 Å². The van der Waals surface area contributed by atoms with Crippen LogP contribution in [0.1, 0.15) is 56.6 Å². The third-order valence-corrected chi connectivity index (χ3v) is 6.77. The highest BCUT2D eigenvalue weighted by molar-refractivity contribution is 7.85. The first-order valence-electron chi connectivity index (χ1n) is 9.44. The minimum atomic E-state index is -0.689. The van der Waals surface area contributed by atoms with Gasteiger partial charge in [0.1, 0.15) is 0 Å². The van der Waals surface area contributed by atoms with Gasteiger partial charge in [0.25, 0.3) is 0 Å². The molecule has 0 bridgehead atoms. The van der Waals surface area contributed by atoms with Crippen LogP contribution < -0.4 is 10.6 Å². The lowest BCUT2D eigenvalue weighted by Crippen LogP contribution is -2.47. The highest BCUT2D eigenvalue weighted by Gasteiger charge is 2.26. The standard InChI is InChI=1S/C20H33N3OS/c1-5-25(24)19-11-7-10-18(13-19)23-20(21-4)22-14-16(3)17-9-6-8-15(2)12-17/h6,8-9,12,16,18-19H,5,7,10-11,13-14H2,1-4H3,(H2,21,22,23). The van der Waals surface area contributed by atoms with Gasteiger partial charge < -0.3 is 10.6 Å². The van der Waals surface area contributed by atoms with Crippen molar-refractivity contribution >= 4 is 16.8 Å². The van der Waals surface area contributed by atoms with E-state index in [4.69, 9.17) is 0 Å². The molecule has 1 fully saturated rings. The second-order valence-corrected chi connectivity index (χ2v) is 9.07. The smallest absolute Gasteiger partial charge is 0.191 e. The zero-order valence-corrected chi connectivity index (χ0v) is 16.9. The van der Waals surface area contributed by atoms with Gasteiger partial charge in [0.15, 0.2) is 5.96 Å². The number of aryl methyl sites for hydroxylation is 1. The van der Waals surface area contributed by atoms with Crippen LogP contribution >= 0.6 is 0 Å². The predicted octanol–water partition coefficient (Wildman–Crippen LogP) is 3.34. The summed E-state index contributed by atoms with van der Waals surface area (Å²) in [5, 5.41) is 7.33. The molecule has 1 saturated carbocycles. The molecule has 1 aliphatic rings. The van der Waals surface area contributed by atoms with Crippen molar-refractivity contribution in [2.24, 2.45) is 4.99 Å². The Morgan fingerprint density at radius 3 is 2.88 bits per heavy atom. The number of nitrogens with zero attached hydrogens (tertiary/aromatic N) is 1. The van der Waals surface area contributed by atoms with Gasteiger partial charge in [0.05, 0.1) is 0 Å². The Bertz CT molecular complexity index is 602. The molecule has 140 valence electrons. The molecule has 4 unspecified atom stereocenters. The fraction of sp³-hybridized carbons (Fsp3) is 0.650. The summed E-state index contributed by atoms with van der Waals surface area (Å²) in [5.41, 5.74) is 2.64. The highest BCUT2D eigenvalue weighted by atomic mass is 32.2. The van der Waals surface area contributed by atoms with Crippen LogP contribution in [0.5, 0.6) is 0 Å². The van der Waals surface area contributed by atoms with Crippen molar-refractivity contribution in [3.05, 3.63) is 35.4 Å². The topological polar surface area (TPSA) is 53.5 Å². The molecule has 5 heteroatoms. The van der Waals surface area contributed by atoms with Crippen LogP contribution in [-0.4, -0.2) is 40.8 Å². The third kappa shape index (κ3) is 6.14. The van der Waals surface area contributed by atoms with Crippen molar-refractivity contribution < 1.29 is 4.21 Å². The van der Waals surface area contributed by atoms with E-state index in [0.717, 1.165) is 43.9 Å². The minimum absolute atomic E-state index is 0.334. The van der Waals surface area contributed by atoms with Crippen LogP contribution in [0.25, 0.3) is 0 Å². The summed E-state index contributed by atoms with van der Waals surface area (Å²) in [4.78, 5) is 4.37. The van der Waals surface area contributed by atoms with E-state index in [1.807, 2.05) is 14.0 Å². The normalized spacial score (nSPS) is 23.8. The van der Waals surface area contributed by atoms with E-state index in [2.05, 4.69) is 53.7 Å². The molecule has 0 aliphatic heterocycles. The van der Waals surface area contributed by atoms with Gasteiger partial charge >= 0.3 is 0 Å². The Morgan fingerprint density at radius 2 is 2.20 bits per heavy atom. The number of hydrogen-bond acceptors (Lipinski definition) is 2. The molecule has 4 atom stereocenters. The molecule has 0 radical (unpaired) electrons. The van der Waals surface area contributed by atoms with Gasteiger partial charge in [0, 0.05) is 41.4 Å². The monoisotopic (exact) mass is 363 g/mol. The summed E-state index contributed by atoms with van der Waals surface area (Å²) in [7, 11) is 1.13. The lowest BCUT2D eigenvalue weighted by Gasteiger charge is -2.30. The van der Waals surface area contributed by atoms with Gasteiger partial charge in [-0.3, -0.25) is 9.20 Å². The molecule has 1 aromatic carbocycles. The lowest BCUT2D eigenvalue weighted by atomic mass is 9.95. The van der Waals surface area contributed by atoms with E-state index in [1.165, 1.54) is 11.1 Å². The number of benzene rings is 1. The SMILES string of the molecule is CCS(=O)C1CCCC(NC(=NC)NCC(C)c2cccc(C)c2)C1. The molecule has 0 spiro atoms. The fourth-order valence-electron chi connectivity index (χ4n) is 3.48. The maximum Gasteiger partial charge on any atom is 0.191 e. The molecule has 2 rings (SSSR count). The largest absolute Gasteiger partial charge is 0.356 e. The van der Waals surface area contributed by atoms with Gasteiger partial charge in [-0.25, -0.2) is 0 Å². The first-order valence-corrected chi connectivity index (χ1v) is 10.8. The Morgan fingerprint density at radius 1 is 1.40 bits per heavy atom. The first kappa shape index (κ1) is 20.0. The molecule has 4 nitrogen and oxygen atoms in total. The molecule has 0 heterocycles. The number of nitrogens with one attached hydrogen (secondary N) is 2. The Labute approximate surface area is 155 Å². The molecular formula is C20H33N3OS. The van der Waals surface area contributed by atoms with Crippen molar-refractivity contribution in [3.63, 3.8) is 0 Å². The van der Waals surface area contributed by atoms with E-state index < -0.39 is 10.8 Å². The molecule has 0 saturated heterocycles. The zero-order valence-electron chi connectivity index (χ0n) is 16.0. The van der Waals surface area contributed by atoms with E-state index in [-0.39, 0.29) is 0 Å². The number of hydrogen-bond donors (Lipinski definition) is 2. The molecule has 25 heavy (non-hydrogen) atoms. The van der Waals surface area contributed by atoms with Gasteiger partial charge in [-0.15, -0.1) is 0 Å². The maximum atomic E-state index is 12.1. The van der Waals surface area contributed by atoms with Crippen molar-refractivity contribution in [2.75, 3.05) is 19.3 Å². The average molecular weight is 364 g/mol. The van der Waals surface area contributed by atoms with Crippen LogP contribution in [0, 0.1) is 6.92 Å². The van der Waals surface area contributed by atoms with Crippen LogP contribution in [0.2, 0.25) is 0 Å². The summed E-state index contributed by atoms with van der Waals surface area (Å²) in [6, 6.07) is 9.04. The molecule has 2 N–H and O–H groups in total. The van der Waals surface area contributed by atoms with E-state index in [9.17, 15) is 4.21 Å². The third-order valence-electron chi connectivity index (χ3n) is 5.03. The average Bonchev–Trinajstić information content (AvgIpc) is 2.64. The Hall–Kier alpha value is -1.36. The van der Waals surface area contributed by atoms with Crippen LogP contribution in [0.3, 0.4) is 0 Å². The van der Waals surface area contributed by atoms with Gasteiger partial charge in [-0.05, 0) is 37.7 Å². The number of rotatable bonds is 6. The van der Waals surface area contributed by atoms with E-state index >= 15 is 0 Å². The molecule has 0 amide bonds. The quantitative estimate of drug-likeness (QED) is 0.602. The predicted molar refractivity (Wildman–Crippen MR) is 109 cm³/mol. The molecule has 1 aliphatic carbocycles. The minimum Gasteiger partial charge on any atom is -0.356 e. The van der Waals surface area contributed by atoms with Crippen molar-refractivity contribution in [1.82, 2.24) is 10.6 Å². The summed E-state index contributed by atoms with van der Waals surface area (Å²) >= 11 is 0. The Balaban J connectivity index is 1.85. The van der Waals surface area contributed by atoms with Crippen LogP contribution in [0.4, 0.5) is 0 Å². The van der Waals surface area contributed by atoms with Gasteiger partial charge in [-0.1, -0.05) is 50.1 Å². The molecule has 0 aromatic heterocycles. The van der Waals surface area contributed by atoms with Gasteiger partial charge in [0.2, 0.25) is 0 Å². The van der Waals surface area contributed by atoms with Crippen molar-refractivity contribution in [2.45, 2.75) is 63.7 Å². The summed E-state index contributed by atoms with van der Waals surface area (Å²) in [6.07, 6.45) is 4.35. The lowest BCUT2D eigenvalue weighted by molar-refractivity contribution is 0.413. The van der Waals surface area contributed by atoms with Crippen LogP contribution in [0.15, 0.2) is 29.3 Å². The number of guanidine groups is 1. The maximum absolute atomic E-state index is 12.1. The second kappa shape index (κ2) is 9.95. The van der Waals surface area contributed by atoms with Crippen molar-refractivity contribution in [3.8, 4) is 0 Å².